The van der Waals surface area contributed by atoms with Crippen LogP contribution in [0.3, 0.4) is 0 Å². The van der Waals surface area contributed by atoms with Crippen molar-refractivity contribution in [3.05, 3.63) is 21.0 Å². The highest BCUT2D eigenvalue weighted by atomic mass is 79.9. The molecule has 1 fully saturated rings. The quantitative estimate of drug-likeness (QED) is 0.868. The molecule has 0 saturated heterocycles. The van der Waals surface area contributed by atoms with Crippen molar-refractivity contribution in [2.75, 3.05) is 11.9 Å². The summed E-state index contributed by atoms with van der Waals surface area (Å²) in [5.74, 6) is 0. The van der Waals surface area contributed by atoms with Crippen molar-refractivity contribution >= 4 is 21.6 Å². The molecule has 2 N–H and O–H groups in total. The van der Waals surface area contributed by atoms with Crippen LogP contribution < -0.4 is 10.9 Å². The molecular weight excluding hydrogens is 298 g/mol. The SMILES string of the molecule is CCC1(Nc2cnn(CCO)c(=O)c2Br)CCC1. The molecule has 0 bridgehead atoms. The van der Waals surface area contributed by atoms with Gasteiger partial charge in [0.2, 0.25) is 0 Å². The summed E-state index contributed by atoms with van der Waals surface area (Å²) in [7, 11) is 0. The average Bonchev–Trinajstić information content (AvgIpc) is 2.33. The summed E-state index contributed by atoms with van der Waals surface area (Å²) in [5.41, 5.74) is 0.662. The summed E-state index contributed by atoms with van der Waals surface area (Å²) in [6, 6.07) is 0. The molecule has 2 rings (SSSR count). The molecule has 1 aliphatic carbocycles. The third-order valence-electron chi connectivity index (χ3n) is 3.68. The molecule has 0 spiro atoms. The van der Waals surface area contributed by atoms with Gasteiger partial charge in [-0.25, -0.2) is 4.68 Å². The van der Waals surface area contributed by atoms with E-state index in [9.17, 15) is 4.79 Å². The highest BCUT2D eigenvalue weighted by molar-refractivity contribution is 9.10. The van der Waals surface area contributed by atoms with Gasteiger partial charge in [-0.2, -0.15) is 5.10 Å². The third kappa shape index (κ3) is 2.44. The molecule has 0 atom stereocenters. The van der Waals surface area contributed by atoms with Crippen LogP contribution in [0.25, 0.3) is 0 Å². The molecule has 1 heterocycles. The first kappa shape index (κ1) is 13.5. The first-order valence-corrected chi connectivity index (χ1v) is 7.06. The Morgan fingerprint density at radius 3 is 2.83 bits per heavy atom. The second-order valence-corrected chi connectivity index (χ2v) is 5.53. The molecule has 0 aromatic carbocycles. The largest absolute Gasteiger partial charge is 0.394 e. The number of hydrogen-bond donors (Lipinski definition) is 2. The van der Waals surface area contributed by atoms with E-state index < -0.39 is 0 Å². The predicted octanol–water partition coefficient (Wildman–Crippen LogP) is 1.74. The minimum Gasteiger partial charge on any atom is -0.394 e. The molecule has 0 unspecified atom stereocenters. The van der Waals surface area contributed by atoms with Crippen molar-refractivity contribution < 1.29 is 5.11 Å². The molecular formula is C12H18BrN3O2. The normalized spacial score (nSPS) is 17.3. The van der Waals surface area contributed by atoms with E-state index in [-0.39, 0.29) is 24.2 Å². The summed E-state index contributed by atoms with van der Waals surface area (Å²) in [5, 5.41) is 16.3. The fourth-order valence-electron chi connectivity index (χ4n) is 2.26. The van der Waals surface area contributed by atoms with Gasteiger partial charge in [-0.05, 0) is 41.6 Å². The van der Waals surface area contributed by atoms with Crippen molar-refractivity contribution in [1.29, 1.82) is 0 Å². The van der Waals surface area contributed by atoms with Gasteiger partial charge in [-0.1, -0.05) is 6.92 Å². The highest BCUT2D eigenvalue weighted by Crippen LogP contribution is 2.38. The van der Waals surface area contributed by atoms with E-state index >= 15 is 0 Å². The Kier molecular flexibility index (Phi) is 4.07. The molecule has 0 radical (unpaired) electrons. The number of aliphatic hydroxyl groups is 1. The molecule has 0 aliphatic heterocycles. The Hall–Kier alpha value is -0.880. The van der Waals surface area contributed by atoms with Crippen molar-refractivity contribution in [2.45, 2.75) is 44.7 Å². The minimum absolute atomic E-state index is 0.0922. The number of halogens is 1. The number of aliphatic hydroxyl groups excluding tert-OH is 1. The van der Waals surface area contributed by atoms with Crippen molar-refractivity contribution in [1.82, 2.24) is 9.78 Å². The van der Waals surface area contributed by atoms with Crippen LogP contribution in [0, 0.1) is 0 Å². The zero-order chi connectivity index (χ0) is 13.2. The number of rotatable bonds is 5. The van der Waals surface area contributed by atoms with Crippen LogP contribution in [0.4, 0.5) is 5.69 Å². The van der Waals surface area contributed by atoms with Gasteiger partial charge in [0, 0.05) is 5.54 Å². The van der Waals surface area contributed by atoms with Crippen molar-refractivity contribution in [2.24, 2.45) is 0 Å². The lowest BCUT2D eigenvalue weighted by molar-refractivity contribution is 0.264. The minimum atomic E-state index is -0.209. The van der Waals surface area contributed by atoms with Gasteiger partial charge < -0.3 is 10.4 Å². The molecule has 1 saturated carbocycles. The zero-order valence-electron chi connectivity index (χ0n) is 10.4. The predicted molar refractivity (Wildman–Crippen MR) is 73.8 cm³/mol. The monoisotopic (exact) mass is 315 g/mol. The van der Waals surface area contributed by atoms with Crippen LogP contribution >= 0.6 is 15.9 Å². The van der Waals surface area contributed by atoms with Gasteiger partial charge in [-0.3, -0.25) is 4.79 Å². The maximum atomic E-state index is 12.0. The smallest absolute Gasteiger partial charge is 0.283 e. The third-order valence-corrected chi connectivity index (χ3v) is 4.45. The summed E-state index contributed by atoms with van der Waals surface area (Å²) >= 11 is 3.32. The van der Waals surface area contributed by atoms with E-state index in [1.807, 2.05) is 0 Å². The van der Waals surface area contributed by atoms with Gasteiger partial charge in [0.1, 0.15) is 4.47 Å². The number of nitrogens with zero attached hydrogens (tertiary/aromatic N) is 2. The van der Waals surface area contributed by atoms with Crippen LogP contribution in [0.2, 0.25) is 0 Å². The molecule has 5 nitrogen and oxygen atoms in total. The van der Waals surface area contributed by atoms with Gasteiger partial charge in [0.05, 0.1) is 25.0 Å². The van der Waals surface area contributed by atoms with E-state index in [2.05, 4.69) is 33.3 Å². The number of anilines is 1. The molecule has 18 heavy (non-hydrogen) atoms. The molecule has 100 valence electrons. The molecule has 6 heteroatoms. The summed E-state index contributed by atoms with van der Waals surface area (Å²) < 4.78 is 1.75. The topological polar surface area (TPSA) is 67.2 Å². The average molecular weight is 316 g/mol. The lowest BCUT2D eigenvalue weighted by atomic mass is 9.75. The lowest BCUT2D eigenvalue weighted by Gasteiger charge is -2.43. The molecule has 0 amide bonds. The first-order chi connectivity index (χ1) is 8.62. The molecule has 1 aromatic rings. The summed E-state index contributed by atoms with van der Waals surface area (Å²) in [6.07, 6.45) is 6.19. The number of aromatic nitrogens is 2. The first-order valence-electron chi connectivity index (χ1n) is 6.26. The Labute approximate surface area is 114 Å². The van der Waals surface area contributed by atoms with E-state index in [1.165, 1.54) is 11.1 Å². The summed E-state index contributed by atoms with van der Waals surface area (Å²) in [4.78, 5) is 12.0. The fraction of sp³-hybridized carbons (Fsp3) is 0.667. The lowest BCUT2D eigenvalue weighted by Crippen LogP contribution is -2.45. The Balaban J connectivity index is 2.24. The Morgan fingerprint density at radius 1 is 1.61 bits per heavy atom. The molecule has 1 aromatic heterocycles. The van der Waals surface area contributed by atoms with E-state index in [0.717, 1.165) is 24.9 Å². The summed E-state index contributed by atoms with van der Waals surface area (Å²) in [6.45, 7) is 2.28. The molecule has 1 aliphatic rings. The van der Waals surface area contributed by atoms with Crippen molar-refractivity contribution in [3.63, 3.8) is 0 Å². The van der Waals surface area contributed by atoms with Crippen LogP contribution in [0.5, 0.6) is 0 Å². The second kappa shape index (κ2) is 5.40. The van der Waals surface area contributed by atoms with E-state index in [1.54, 1.807) is 6.20 Å². The second-order valence-electron chi connectivity index (χ2n) is 4.74. The highest BCUT2D eigenvalue weighted by Gasteiger charge is 2.35. The van der Waals surface area contributed by atoms with Gasteiger partial charge in [0.15, 0.2) is 0 Å². The van der Waals surface area contributed by atoms with Crippen LogP contribution in [-0.4, -0.2) is 27.0 Å². The Bertz CT molecular complexity index is 477. The Morgan fingerprint density at radius 2 is 2.33 bits per heavy atom. The fourth-order valence-corrected chi connectivity index (χ4v) is 2.67. The van der Waals surface area contributed by atoms with Crippen LogP contribution in [0.1, 0.15) is 32.6 Å². The maximum absolute atomic E-state index is 12.0. The number of hydrogen-bond acceptors (Lipinski definition) is 4. The van der Waals surface area contributed by atoms with Crippen LogP contribution in [-0.2, 0) is 6.54 Å². The van der Waals surface area contributed by atoms with Gasteiger partial charge in [0.25, 0.3) is 5.56 Å². The van der Waals surface area contributed by atoms with Crippen LogP contribution in [0.15, 0.2) is 15.5 Å². The standard InChI is InChI=1S/C12H18BrN3O2/c1-2-12(4-3-5-12)15-9-8-14-16(6-7-17)11(18)10(9)13/h8,15,17H,2-7H2,1H3. The van der Waals surface area contributed by atoms with E-state index in [0.29, 0.717) is 4.47 Å². The van der Waals surface area contributed by atoms with Crippen molar-refractivity contribution in [3.8, 4) is 0 Å². The van der Waals surface area contributed by atoms with Gasteiger partial charge in [-0.15, -0.1) is 0 Å². The number of nitrogens with one attached hydrogen (secondary N) is 1. The van der Waals surface area contributed by atoms with Gasteiger partial charge >= 0.3 is 0 Å². The maximum Gasteiger partial charge on any atom is 0.283 e. The van der Waals surface area contributed by atoms with E-state index in [4.69, 9.17) is 5.11 Å². The zero-order valence-corrected chi connectivity index (χ0v) is 12.0.